The molecule has 2 fully saturated rings. The lowest BCUT2D eigenvalue weighted by atomic mass is 9.78. The molecular formula is C24H28ClN3O3. The van der Waals surface area contributed by atoms with E-state index in [4.69, 9.17) is 16.3 Å². The fourth-order valence-corrected chi connectivity index (χ4v) is 4.57. The summed E-state index contributed by atoms with van der Waals surface area (Å²) < 4.78 is 5.31. The third-order valence-corrected chi connectivity index (χ3v) is 6.44. The van der Waals surface area contributed by atoms with Crippen molar-refractivity contribution < 1.29 is 14.3 Å². The van der Waals surface area contributed by atoms with Gasteiger partial charge in [-0.2, -0.15) is 0 Å². The summed E-state index contributed by atoms with van der Waals surface area (Å²) in [7, 11) is 0. The van der Waals surface area contributed by atoms with Crippen molar-refractivity contribution in [2.75, 3.05) is 43.5 Å². The Morgan fingerprint density at radius 2 is 1.48 bits per heavy atom. The van der Waals surface area contributed by atoms with Crippen molar-refractivity contribution in [3.05, 3.63) is 59.1 Å². The molecule has 1 saturated carbocycles. The minimum atomic E-state index is -0.518. The number of nitrogens with one attached hydrogen (secondary N) is 2. The topological polar surface area (TPSA) is 70.7 Å². The molecule has 31 heavy (non-hydrogen) atoms. The van der Waals surface area contributed by atoms with Crippen molar-refractivity contribution in [2.45, 2.75) is 31.1 Å². The minimum Gasteiger partial charge on any atom is -0.379 e. The van der Waals surface area contributed by atoms with Gasteiger partial charge in [-0.3, -0.25) is 14.5 Å². The van der Waals surface area contributed by atoms with Gasteiger partial charge in [-0.15, -0.1) is 0 Å². The highest BCUT2D eigenvalue weighted by Crippen LogP contribution is 2.42. The number of hydrogen-bond donors (Lipinski definition) is 2. The normalized spacial score (nSPS) is 18.5. The maximum absolute atomic E-state index is 13.3. The first-order valence-electron chi connectivity index (χ1n) is 10.8. The largest absolute Gasteiger partial charge is 0.379 e. The van der Waals surface area contributed by atoms with E-state index in [1.54, 1.807) is 0 Å². The molecule has 2 aliphatic rings. The molecule has 2 aromatic rings. The van der Waals surface area contributed by atoms with E-state index in [9.17, 15) is 9.59 Å². The van der Waals surface area contributed by atoms with Crippen LogP contribution in [-0.2, 0) is 19.7 Å². The molecule has 0 spiro atoms. The van der Waals surface area contributed by atoms with Gasteiger partial charge in [0.1, 0.15) is 0 Å². The van der Waals surface area contributed by atoms with E-state index in [1.807, 2.05) is 48.5 Å². The van der Waals surface area contributed by atoms with E-state index in [0.717, 1.165) is 50.0 Å². The predicted octanol–water partition coefficient (Wildman–Crippen LogP) is 4.06. The van der Waals surface area contributed by atoms with E-state index >= 15 is 0 Å². The van der Waals surface area contributed by atoms with Crippen LogP contribution in [0.2, 0.25) is 5.02 Å². The number of rotatable bonds is 6. The summed E-state index contributed by atoms with van der Waals surface area (Å²) in [6.45, 7) is 3.23. The molecule has 0 aromatic heterocycles. The van der Waals surface area contributed by atoms with Gasteiger partial charge in [0, 0.05) is 29.5 Å². The monoisotopic (exact) mass is 441 g/mol. The lowest BCUT2D eigenvalue weighted by Crippen LogP contribution is -2.41. The molecular weight excluding hydrogens is 414 g/mol. The van der Waals surface area contributed by atoms with Crippen LogP contribution in [0.3, 0.4) is 0 Å². The van der Waals surface area contributed by atoms with Crippen LogP contribution in [0, 0.1) is 0 Å². The van der Waals surface area contributed by atoms with Crippen LogP contribution >= 0.6 is 11.6 Å². The Balaban J connectivity index is 1.38. The standard InChI is InChI=1S/C24H28ClN3O3/c25-19-5-3-18(4-6-19)24(11-1-2-12-24)23(30)27-21-9-7-20(8-10-21)26-22(29)17-28-13-15-31-16-14-28/h3-10H,1-2,11-17H2,(H,26,29)(H,27,30). The Morgan fingerprint density at radius 3 is 2.10 bits per heavy atom. The van der Waals surface area contributed by atoms with Crippen molar-refractivity contribution in [2.24, 2.45) is 0 Å². The SMILES string of the molecule is O=C(CN1CCOCC1)Nc1ccc(NC(=O)C2(c3ccc(Cl)cc3)CCCC2)cc1. The van der Waals surface area contributed by atoms with Crippen LogP contribution < -0.4 is 10.6 Å². The van der Waals surface area contributed by atoms with Crippen LogP contribution in [0.4, 0.5) is 11.4 Å². The first kappa shape index (κ1) is 21.8. The summed E-state index contributed by atoms with van der Waals surface area (Å²) in [5, 5.41) is 6.66. The smallest absolute Gasteiger partial charge is 0.238 e. The van der Waals surface area contributed by atoms with Gasteiger partial charge in [0.05, 0.1) is 25.2 Å². The molecule has 1 saturated heterocycles. The fourth-order valence-electron chi connectivity index (χ4n) is 4.44. The number of carbonyl (C=O) groups excluding carboxylic acids is 2. The van der Waals surface area contributed by atoms with Gasteiger partial charge in [-0.05, 0) is 54.8 Å². The third kappa shape index (κ3) is 5.26. The summed E-state index contributed by atoms with van der Waals surface area (Å²) in [5.41, 5.74) is 1.93. The van der Waals surface area contributed by atoms with Gasteiger partial charge < -0.3 is 15.4 Å². The lowest BCUT2D eigenvalue weighted by molar-refractivity contribution is -0.121. The minimum absolute atomic E-state index is 0.0106. The molecule has 1 heterocycles. The summed E-state index contributed by atoms with van der Waals surface area (Å²) in [4.78, 5) is 27.6. The van der Waals surface area contributed by atoms with Gasteiger partial charge in [-0.25, -0.2) is 0 Å². The highest BCUT2D eigenvalue weighted by molar-refractivity contribution is 6.30. The highest BCUT2D eigenvalue weighted by Gasteiger charge is 2.42. The zero-order valence-corrected chi connectivity index (χ0v) is 18.3. The second kappa shape index (κ2) is 9.81. The van der Waals surface area contributed by atoms with Crippen LogP contribution in [0.5, 0.6) is 0 Å². The van der Waals surface area contributed by atoms with Crippen molar-refractivity contribution in [1.29, 1.82) is 0 Å². The third-order valence-electron chi connectivity index (χ3n) is 6.19. The number of carbonyl (C=O) groups is 2. The molecule has 0 atom stereocenters. The first-order valence-corrected chi connectivity index (χ1v) is 11.2. The van der Waals surface area contributed by atoms with E-state index in [1.165, 1.54) is 0 Å². The number of nitrogens with zero attached hydrogens (tertiary/aromatic N) is 1. The Hall–Kier alpha value is -2.41. The van der Waals surface area contributed by atoms with Crippen LogP contribution in [0.15, 0.2) is 48.5 Å². The van der Waals surface area contributed by atoms with Crippen LogP contribution in [-0.4, -0.2) is 49.6 Å². The second-order valence-electron chi connectivity index (χ2n) is 8.26. The number of halogens is 1. The number of hydrogen-bond acceptors (Lipinski definition) is 4. The molecule has 2 amide bonds. The van der Waals surface area contributed by atoms with E-state index in [0.29, 0.717) is 30.5 Å². The number of benzene rings is 2. The van der Waals surface area contributed by atoms with E-state index in [-0.39, 0.29) is 11.8 Å². The first-order chi connectivity index (χ1) is 15.0. The van der Waals surface area contributed by atoms with Gasteiger partial charge in [0.25, 0.3) is 0 Å². The van der Waals surface area contributed by atoms with Crippen LogP contribution in [0.25, 0.3) is 0 Å². The Labute approximate surface area is 187 Å². The van der Waals surface area contributed by atoms with E-state index in [2.05, 4.69) is 15.5 Å². The Morgan fingerprint density at radius 1 is 0.903 bits per heavy atom. The van der Waals surface area contributed by atoms with Gasteiger partial charge in [0.2, 0.25) is 11.8 Å². The lowest BCUT2D eigenvalue weighted by Gasteiger charge is -2.28. The maximum atomic E-state index is 13.3. The number of ether oxygens (including phenoxy) is 1. The zero-order chi connectivity index (χ0) is 21.7. The summed E-state index contributed by atoms with van der Waals surface area (Å²) >= 11 is 6.04. The summed E-state index contributed by atoms with van der Waals surface area (Å²) in [5.74, 6) is -0.0391. The zero-order valence-electron chi connectivity index (χ0n) is 17.5. The van der Waals surface area contributed by atoms with Crippen molar-refractivity contribution in [3.63, 3.8) is 0 Å². The molecule has 2 aromatic carbocycles. The van der Waals surface area contributed by atoms with Gasteiger partial charge in [0.15, 0.2) is 0 Å². The molecule has 1 aliphatic heterocycles. The molecule has 2 N–H and O–H groups in total. The quantitative estimate of drug-likeness (QED) is 0.709. The predicted molar refractivity (Wildman–Crippen MR) is 123 cm³/mol. The second-order valence-corrected chi connectivity index (χ2v) is 8.70. The number of morpholine rings is 1. The molecule has 0 radical (unpaired) electrons. The average molecular weight is 442 g/mol. The molecule has 0 bridgehead atoms. The Kier molecular flexibility index (Phi) is 6.90. The van der Waals surface area contributed by atoms with Crippen LogP contribution in [0.1, 0.15) is 31.2 Å². The van der Waals surface area contributed by atoms with Crippen molar-refractivity contribution in [1.82, 2.24) is 4.90 Å². The molecule has 0 unspecified atom stereocenters. The van der Waals surface area contributed by atoms with Gasteiger partial charge >= 0.3 is 0 Å². The molecule has 1 aliphatic carbocycles. The fraction of sp³-hybridized carbons (Fsp3) is 0.417. The molecule has 7 heteroatoms. The highest BCUT2D eigenvalue weighted by atomic mass is 35.5. The summed E-state index contributed by atoms with van der Waals surface area (Å²) in [6, 6.07) is 14.9. The van der Waals surface area contributed by atoms with Crippen molar-refractivity contribution in [3.8, 4) is 0 Å². The van der Waals surface area contributed by atoms with E-state index < -0.39 is 5.41 Å². The maximum Gasteiger partial charge on any atom is 0.238 e. The number of anilines is 2. The number of amides is 2. The van der Waals surface area contributed by atoms with Gasteiger partial charge in [-0.1, -0.05) is 36.6 Å². The van der Waals surface area contributed by atoms with Crippen molar-refractivity contribution >= 4 is 34.8 Å². The summed E-state index contributed by atoms with van der Waals surface area (Å²) in [6.07, 6.45) is 3.72. The average Bonchev–Trinajstić information content (AvgIpc) is 3.27. The Bertz CT molecular complexity index is 903. The molecule has 4 rings (SSSR count). The molecule has 6 nitrogen and oxygen atoms in total. The molecule has 164 valence electrons.